The lowest BCUT2D eigenvalue weighted by Crippen LogP contribution is -2.17. The van der Waals surface area contributed by atoms with Crippen LogP contribution < -0.4 is 11.3 Å². The SMILES string of the molecule is COC1=C/C(=N\c2c(N)n3n(c2=O)CCC3)C(O)=CC1=N. The molecule has 2 heterocycles. The summed E-state index contributed by atoms with van der Waals surface area (Å²) >= 11 is 0. The van der Waals surface area contributed by atoms with Crippen LogP contribution in [0.15, 0.2) is 33.5 Å². The molecule has 0 saturated carbocycles. The van der Waals surface area contributed by atoms with E-state index in [0.29, 0.717) is 13.1 Å². The lowest BCUT2D eigenvalue weighted by Gasteiger charge is -2.11. The Kier molecular flexibility index (Phi) is 2.93. The third-order valence-electron chi connectivity index (χ3n) is 3.52. The average Bonchev–Trinajstić information content (AvgIpc) is 3.01. The molecule has 1 aromatic heterocycles. The highest BCUT2D eigenvalue weighted by molar-refractivity contribution is 6.21. The smallest absolute Gasteiger partial charge is 0.294 e. The van der Waals surface area contributed by atoms with Crippen LogP contribution in [-0.2, 0) is 17.8 Å². The maximum atomic E-state index is 12.2. The third kappa shape index (κ3) is 1.95. The predicted octanol–water partition coefficient (Wildman–Crippen LogP) is 0.714. The van der Waals surface area contributed by atoms with Gasteiger partial charge in [0, 0.05) is 25.2 Å². The van der Waals surface area contributed by atoms with Gasteiger partial charge in [0.1, 0.15) is 17.2 Å². The van der Waals surface area contributed by atoms with Crippen LogP contribution in [0.1, 0.15) is 6.42 Å². The first-order chi connectivity index (χ1) is 10.0. The number of aromatic nitrogens is 2. The zero-order valence-corrected chi connectivity index (χ0v) is 11.5. The van der Waals surface area contributed by atoms with Gasteiger partial charge in [0.2, 0.25) is 0 Å². The van der Waals surface area contributed by atoms with Gasteiger partial charge in [0.15, 0.2) is 11.5 Å². The number of methoxy groups -OCH3 is 1. The number of aliphatic hydroxyl groups is 1. The number of nitrogens with zero attached hydrogens (tertiary/aromatic N) is 3. The lowest BCUT2D eigenvalue weighted by atomic mass is 10.1. The van der Waals surface area contributed by atoms with Gasteiger partial charge in [0.25, 0.3) is 5.56 Å². The molecule has 0 unspecified atom stereocenters. The van der Waals surface area contributed by atoms with Gasteiger partial charge in [-0.2, -0.15) is 0 Å². The molecule has 4 N–H and O–H groups in total. The van der Waals surface area contributed by atoms with Crippen molar-refractivity contribution in [1.82, 2.24) is 9.36 Å². The van der Waals surface area contributed by atoms with Crippen molar-refractivity contribution in [3.05, 3.63) is 34.0 Å². The van der Waals surface area contributed by atoms with Gasteiger partial charge < -0.3 is 15.6 Å². The first-order valence-corrected chi connectivity index (χ1v) is 6.46. The molecule has 0 atom stereocenters. The molecule has 3 rings (SSSR count). The van der Waals surface area contributed by atoms with Gasteiger partial charge in [-0.15, -0.1) is 0 Å². The molecule has 0 amide bonds. The Bertz CT molecular complexity index is 778. The highest BCUT2D eigenvalue weighted by Crippen LogP contribution is 2.24. The van der Waals surface area contributed by atoms with Gasteiger partial charge in [-0.3, -0.25) is 14.9 Å². The Morgan fingerprint density at radius 3 is 2.76 bits per heavy atom. The third-order valence-corrected chi connectivity index (χ3v) is 3.52. The maximum Gasteiger partial charge on any atom is 0.294 e. The summed E-state index contributed by atoms with van der Waals surface area (Å²) < 4.78 is 8.25. The molecule has 0 aromatic carbocycles. The molecule has 8 heteroatoms. The van der Waals surface area contributed by atoms with E-state index in [-0.39, 0.29) is 40.0 Å². The second kappa shape index (κ2) is 4.65. The van der Waals surface area contributed by atoms with E-state index < -0.39 is 0 Å². The zero-order chi connectivity index (χ0) is 15.1. The quantitative estimate of drug-likeness (QED) is 0.695. The number of nitrogen functional groups attached to an aromatic ring is 1. The van der Waals surface area contributed by atoms with E-state index in [2.05, 4.69) is 4.99 Å². The largest absolute Gasteiger partial charge is 0.506 e. The van der Waals surface area contributed by atoms with E-state index in [1.54, 1.807) is 9.36 Å². The normalized spacial score (nSPS) is 19.5. The Hall–Kier alpha value is -2.77. The van der Waals surface area contributed by atoms with Crippen molar-refractivity contribution in [2.75, 3.05) is 12.8 Å². The van der Waals surface area contributed by atoms with E-state index in [1.165, 1.54) is 19.3 Å². The van der Waals surface area contributed by atoms with Gasteiger partial charge in [-0.1, -0.05) is 0 Å². The molecule has 110 valence electrons. The minimum absolute atomic E-state index is 0.0398. The van der Waals surface area contributed by atoms with Crippen molar-refractivity contribution in [2.45, 2.75) is 19.5 Å². The summed E-state index contributed by atoms with van der Waals surface area (Å²) in [5.41, 5.74) is 5.96. The van der Waals surface area contributed by atoms with E-state index >= 15 is 0 Å². The van der Waals surface area contributed by atoms with E-state index in [0.717, 1.165) is 6.42 Å². The molecular formula is C13H15N5O3. The Labute approximate surface area is 119 Å². The molecule has 0 spiro atoms. The van der Waals surface area contributed by atoms with Crippen LogP contribution in [0.25, 0.3) is 0 Å². The molecule has 0 saturated heterocycles. The monoisotopic (exact) mass is 289 g/mol. The number of anilines is 1. The number of hydrogen-bond acceptors (Lipinski definition) is 6. The fourth-order valence-electron chi connectivity index (χ4n) is 2.47. The van der Waals surface area contributed by atoms with Crippen molar-refractivity contribution < 1.29 is 9.84 Å². The van der Waals surface area contributed by atoms with Gasteiger partial charge in [-0.25, -0.2) is 9.67 Å². The number of rotatable bonds is 2. The molecule has 1 aliphatic heterocycles. The van der Waals surface area contributed by atoms with E-state index in [4.69, 9.17) is 15.9 Å². The molecule has 1 aromatic rings. The Morgan fingerprint density at radius 1 is 1.38 bits per heavy atom. The number of nitrogens with two attached hydrogens (primary N) is 1. The summed E-state index contributed by atoms with van der Waals surface area (Å²) in [5, 5.41) is 17.5. The molecular weight excluding hydrogens is 274 g/mol. The molecule has 0 bridgehead atoms. The first kappa shape index (κ1) is 13.2. The minimum atomic E-state index is -0.279. The fourth-order valence-corrected chi connectivity index (χ4v) is 2.47. The number of ether oxygens (including phenoxy) is 1. The highest BCUT2D eigenvalue weighted by Gasteiger charge is 2.23. The van der Waals surface area contributed by atoms with Crippen molar-refractivity contribution in [2.24, 2.45) is 4.99 Å². The minimum Gasteiger partial charge on any atom is -0.506 e. The van der Waals surface area contributed by atoms with Crippen LogP contribution in [0, 0.1) is 5.41 Å². The van der Waals surface area contributed by atoms with Crippen LogP contribution >= 0.6 is 0 Å². The van der Waals surface area contributed by atoms with E-state index in [1.807, 2.05) is 0 Å². The first-order valence-electron chi connectivity index (χ1n) is 6.46. The van der Waals surface area contributed by atoms with Crippen LogP contribution in [0.5, 0.6) is 0 Å². The van der Waals surface area contributed by atoms with Crippen LogP contribution in [0.4, 0.5) is 11.5 Å². The Morgan fingerprint density at radius 2 is 2.10 bits per heavy atom. The number of nitrogens with one attached hydrogen (secondary N) is 1. The molecule has 21 heavy (non-hydrogen) atoms. The molecule has 8 nitrogen and oxygen atoms in total. The molecule has 1 aliphatic carbocycles. The van der Waals surface area contributed by atoms with Crippen LogP contribution in [0.3, 0.4) is 0 Å². The second-order valence-electron chi connectivity index (χ2n) is 4.79. The standard InChI is InChI=1S/C13H15N5O3/c1-21-10-6-8(9(19)5-7(10)14)16-11-12(15)17-3-2-4-18(17)13(11)20/h5-6,14,19H,2-4,15H2,1H3/b14-7?,16-8+. The molecule has 0 fully saturated rings. The zero-order valence-electron chi connectivity index (χ0n) is 11.5. The van der Waals surface area contributed by atoms with Gasteiger partial charge >= 0.3 is 0 Å². The number of allylic oxidation sites excluding steroid dienone is 2. The van der Waals surface area contributed by atoms with Crippen molar-refractivity contribution in [3.8, 4) is 0 Å². The average molecular weight is 289 g/mol. The summed E-state index contributed by atoms with van der Waals surface area (Å²) in [4.78, 5) is 16.4. The second-order valence-corrected chi connectivity index (χ2v) is 4.79. The van der Waals surface area contributed by atoms with Gasteiger partial charge in [0.05, 0.1) is 12.8 Å². The van der Waals surface area contributed by atoms with Crippen molar-refractivity contribution in [3.63, 3.8) is 0 Å². The molecule has 2 aliphatic rings. The lowest BCUT2D eigenvalue weighted by molar-refractivity contribution is 0.314. The van der Waals surface area contributed by atoms with Crippen molar-refractivity contribution >= 4 is 22.9 Å². The summed E-state index contributed by atoms with van der Waals surface area (Å²) in [6.45, 7) is 1.29. The Balaban J connectivity index is 2.11. The summed E-state index contributed by atoms with van der Waals surface area (Å²) in [5.74, 6) is 0.346. The number of hydrogen-bond donors (Lipinski definition) is 3. The van der Waals surface area contributed by atoms with E-state index in [9.17, 15) is 9.90 Å². The fraction of sp³-hybridized carbons (Fsp3) is 0.308. The number of aliphatic hydroxyl groups excluding tert-OH is 1. The van der Waals surface area contributed by atoms with Gasteiger partial charge in [-0.05, 0) is 6.42 Å². The van der Waals surface area contributed by atoms with Crippen LogP contribution in [-0.4, -0.2) is 33.0 Å². The predicted molar refractivity (Wildman–Crippen MR) is 78.3 cm³/mol. The maximum absolute atomic E-state index is 12.2. The molecule has 0 radical (unpaired) electrons. The summed E-state index contributed by atoms with van der Waals surface area (Å²) in [6.07, 6.45) is 3.49. The highest BCUT2D eigenvalue weighted by atomic mass is 16.5. The van der Waals surface area contributed by atoms with Crippen LogP contribution in [0.2, 0.25) is 0 Å². The summed E-state index contributed by atoms with van der Waals surface area (Å²) in [7, 11) is 1.42. The number of aliphatic imine (C=N–C) groups is 1. The van der Waals surface area contributed by atoms with Crippen molar-refractivity contribution in [1.29, 1.82) is 5.41 Å². The summed E-state index contributed by atoms with van der Waals surface area (Å²) in [6, 6.07) is 0. The topological polar surface area (TPSA) is 119 Å². The number of fused-ring (bicyclic) bond motifs is 1.